The minimum Gasteiger partial charge on any atom is -0.344 e. The Hall–Kier alpha value is -0.830. The number of aromatic nitrogens is 2. The Labute approximate surface area is 108 Å². The summed E-state index contributed by atoms with van der Waals surface area (Å²) in [6.07, 6.45) is 8.79. The van der Waals surface area contributed by atoms with Crippen molar-refractivity contribution in [3.8, 4) is 0 Å². The lowest BCUT2D eigenvalue weighted by atomic mass is 9.49. The number of hydrogen-bond donors (Lipinski definition) is 2. The van der Waals surface area contributed by atoms with E-state index in [9.17, 15) is 0 Å². The van der Waals surface area contributed by atoms with Crippen molar-refractivity contribution in [3.05, 3.63) is 17.2 Å². The fraction of sp³-hybridized carbons (Fsp3) is 0.800. The summed E-state index contributed by atoms with van der Waals surface area (Å²) in [4.78, 5) is 8.64. The monoisotopic (exact) mass is 243 g/mol. The number of H-pyrrole nitrogens is 1. The Morgan fingerprint density at radius 2 is 1.61 bits per heavy atom. The lowest BCUT2D eigenvalue weighted by Crippen LogP contribution is -2.49. The molecule has 0 unspecified atom stereocenters. The molecule has 4 bridgehead atoms. The van der Waals surface area contributed by atoms with Crippen LogP contribution in [0.1, 0.15) is 55.7 Å². The molecule has 0 aromatic carbocycles. The second-order valence-electron chi connectivity index (χ2n) is 7.31. The van der Waals surface area contributed by atoms with Crippen LogP contribution in [0.5, 0.6) is 0 Å². The molecular formula is C15H21N3. The number of imidazole rings is 1. The van der Waals surface area contributed by atoms with E-state index in [-0.39, 0.29) is 0 Å². The van der Waals surface area contributed by atoms with Crippen molar-refractivity contribution < 1.29 is 0 Å². The standard InChI is InChI=1S/C15H21N3/c1-9-2-11-3-10(1)5-15(4-9,6-11)14-17-12-7-16-8-13(12)18-14/h9-11,16H,1-8H2,(H,17,18). The second kappa shape index (κ2) is 3.19. The van der Waals surface area contributed by atoms with Crippen molar-refractivity contribution in [1.82, 2.24) is 15.3 Å². The second-order valence-corrected chi connectivity index (χ2v) is 7.31. The molecular weight excluding hydrogens is 222 g/mol. The molecule has 4 aliphatic carbocycles. The fourth-order valence-electron chi connectivity index (χ4n) is 5.70. The first kappa shape index (κ1) is 10.0. The van der Waals surface area contributed by atoms with Gasteiger partial charge in [-0.25, -0.2) is 4.98 Å². The molecule has 5 aliphatic rings. The van der Waals surface area contributed by atoms with E-state index in [1.165, 1.54) is 55.7 Å². The molecule has 0 saturated heterocycles. The molecule has 4 fully saturated rings. The van der Waals surface area contributed by atoms with Crippen LogP contribution in [-0.4, -0.2) is 9.97 Å². The van der Waals surface area contributed by atoms with E-state index in [1.807, 2.05) is 0 Å². The Morgan fingerprint density at radius 1 is 0.944 bits per heavy atom. The summed E-state index contributed by atoms with van der Waals surface area (Å²) in [5.74, 6) is 4.38. The molecule has 3 heteroatoms. The largest absolute Gasteiger partial charge is 0.344 e. The lowest BCUT2D eigenvalue weighted by molar-refractivity contribution is -0.00913. The Kier molecular flexibility index (Phi) is 1.77. The number of rotatable bonds is 1. The van der Waals surface area contributed by atoms with Gasteiger partial charge in [0.2, 0.25) is 0 Å². The van der Waals surface area contributed by atoms with E-state index in [0.717, 1.165) is 30.8 Å². The van der Waals surface area contributed by atoms with Gasteiger partial charge in [-0.2, -0.15) is 0 Å². The molecule has 0 amide bonds. The fourth-order valence-corrected chi connectivity index (χ4v) is 5.70. The van der Waals surface area contributed by atoms with Gasteiger partial charge in [0.15, 0.2) is 0 Å². The van der Waals surface area contributed by atoms with Crippen molar-refractivity contribution in [1.29, 1.82) is 0 Å². The number of aromatic amines is 1. The van der Waals surface area contributed by atoms with Crippen LogP contribution in [0.4, 0.5) is 0 Å². The SMILES string of the molecule is C1NCc2[nH]c(C34CC5CC(CC(C5)C3)C4)nc21. The van der Waals surface area contributed by atoms with Crippen LogP contribution in [0.25, 0.3) is 0 Å². The summed E-state index contributed by atoms with van der Waals surface area (Å²) in [7, 11) is 0. The van der Waals surface area contributed by atoms with E-state index >= 15 is 0 Å². The predicted molar refractivity (Wildman–Crippen MR) is 69.0 cm³/mol. The van der Waals surface area contributed by atoms with Crippen LogP contribution < -0.4 is 5.32 Å². The van der Waals surface area contributed by atoms with Crippen LogP contribution in [0.3, 0.4) is 0 Å². The molecule has 1 aromatic heterocycles. The molecule has 2 heterocycles. The van der Waals surface area contributed by atoms with Gasteiger partial charge >= 0.3 is 0 Å². The predicted octanol–water partition coefficient (Wildman–Crippen LogP) is 2.48. The maximum absolute atomic E-state index is 4.96. The molecule has 18 heavy (non-hydrogen) atoms. The van der Waals surface area contributed by atoms with Crippen molar-refractivity contribution in [2.24, 2.45) is 17.8 Å². The molecule has 4 saturated carbocycles. The van der Waals surface area contributed by atoms with Gasteiger partial charge in [0.05, 0.1) is 11.4 Å². The summed E-state index contributed by atoms with van der Waals surface area (Å²) in [6.45, 7) is 1.97. The Morgan fingerprint density at radius 3 is 2.22 bits per heavy atom. The highest BCUT2D eigenvalue weighted by Crippen LogP contribution is 2.60. The summed E-state index contributed by atoms with van der Waals surface area (Å²) in [5, 5.41) is 3.37. The van der Waals surface area contributed by atoms with E-state index in [0.29, 0.717) is 5.41 Å². The smallest absolute Gasteiger partial charge is 0.112 e. The van der Waals surface area contributed by atoms with Crippen molar-refractivity contribution in [2.45, 2.75) is 57.0 Å². The minimum atomic E-state index is 0.444. The van der Waals surface area contributed by atoms with Crippen LogP contribution in [0.2, 0.25) is 0 Å². The van der Waals surface area contributed by atoms with Crippen molar-refractivity contribution in [3.63, 3.8) is 0 Å². The zero-order valence-corrected chi connectivity index (χ0v) is 10.8. The van der Waals surface area contributed by atoms with E-state index in [1.54, 1.807) is 0 Å². The zero-order valence-electron chi connectivity index (χ0n) is 10.8. The van der Waals surface area contributed by atoms with Gasteiger partial charge in [-0.1, -0.05) is 0 Å². The molecule has 2 N–H and O–H groups in total. The van der Waals surface area contributed by atoms with Crippen LogP contribution in [0.15, 0.2) is 0 Å². The van der Waals surface area contributed by atoms with Gasteiger partial charge in [-0.15, -0.1) is 0 Å². The van der Waals surface area contributed by atoms with Crippen LogP contribution >= 0.6 is 0 Å². The molecule has 3 nitrogen and oxygen atoms in total. The topological polar surface area (TPSA) is 40.7 Å². The van der Waals surface area contributed by atoms with E-state index in [2.05, 4.69) is 10.3 Å². The van der Waals surface area contributed by atoms with Crippen molar-refractivity contribution >= 4 is 0 Å². The molecule has 6 rings (SSSR count). The summed E-state index contributed by atoms with van der Waals surface area (Å²) in [5.41, 5.74) is 3.10. The van der Waals surface area contributed by atoms with Gasteiger partial charge in [-0.3, -0.25) is 0 Å². The highest BCUT2D eigenvalue weighted by Gasteiger charge is 2.53. The molecule has 0 radical (unpaired) electrons. The van der Waals surface area contributed by atoms with Gasteiger partial charge in [0.1, 0.15) is 5.82 Å². The molecule has 1 aliphatic heterocycles. The van der Waals surface area contributed by atoms with Gasteiger partial charge in [0.25, 0.3) is 0 Å². The summed E-state index contributed by atoms with van der Waals surface area (Å²) >= 11 is 0. The maximum Gasteiger partial charge on any atom is 0.112 e. The zero-order chi connectivity index (χ0) is 11.7. The summed E-state index contributed by atoms with van der Waals surface area (Å²) < 4.78 is 0. The molecule has 1 aromatic rings. The Balaban J connectivity index is 1.58. The molecule has 0 atom stereocenters. The quantitative estimate of drug-likeness (QED) is 0.795. The number of nitrogens with zero attached hydrogens (tertiary/aromatic N) is 1. The first-order valence-corrected chi connectivity index (χ1v) is 7.60. The third kappa shape index (κ3) is 1.21. The third-order valence-corrected chi connectivity index (χ3v) is 6.00. The number of fused-ring (bicyclic) bond motifs is 1. The van der Waals surface area contributed by atoms with Crippen molar-refractivity contribution in [2.75, 3.05) is 0 Å². The lowest BCUT2D eigenvalue weighted by Gasteiger charge is -2.56. The number of nitrogens with one attached hydrogen (secondary N) is 2. The average Bonchev–Trinajstić information content (AvgIpc) is 2.86. The van der Waals surface area contributed by atoms with Gasteiger partial charge < -0.3 is 10.3 Å². The van der Waals surface area contributed by atoms with Crippen LogP contribution in [0, 0.1) is 17.8 Å². The van der Waals surface area contributed by atoms with Gasteiger partial charge in [-0.05, 0) is 56.3 Å². The average molecular weight is 243 g/mol. The van der Waals surface area contributed by atoms with Gasteiger partial charge in [0, 0.05) is 18.5 Å². The maximum atomic E-state index is 4.96. The molecule has 96 valence electrons. The van der Waals surface area contributed by atoms with E-state index < -0.39 is 0 Å². The first-order chi connectivity index (χ1) is 8.81. The Bertz CT molecular complexity index is 445. The summed E-state index contributed by atoms with van der Waals surface area (Å²) in [6, 6.07) is 0. The normalized spacial score (nSPS) is 44.6. The third-order valence-electron chi connectivity index (χ3n) is 6.00. The van der Waals surface area contributed by atoms with Crippen LogP contribution in [-0.2, 0) is 18.5 Å². The van der Waals surface area contributed by atoms with E-state index in [4.69, 9.17) is 4.98 Å². The highest BCUT2D eigenvalue weighted by atomic mass is 15.1. The molecule has 0 spiro atoms. The number of hydrogen-bond acceptors (Lipinski definition) is 2. The highest BCUT2D eigenvalue weighted by molar-refractivity contribution is 5.25. The first-order valence-electron chi connectivity index (χ1n) is 7.60. The minimum absolute atomic E-state index is 0.444.